The summed E-state index contributed by atoms with van der Waals surface area (Å²) in [4.78, 5) is 2.30. The van der Waals surface area contributed by atoms with Crippen LogP contribution in [0.1, 0.15) is 98.3 Å². The molecule has 0 aromatic rings. The van der Waals surface area contributed by atoms with Crippen molar-refractivity contribution < 1.29 is 9.84 Å². The van der Waals surface area contributed by atoms with Gasteiger partial charge in [-0.05, 0) is 119 Å². The van der Waals surface area contributed by atoms with E-state index in [1.165, 1.54) is 57.1 Å². The number of rotatable bonds is 5. The van der Waals surface area contributed by atoms with E-state index in [9.17, 15) is 5.11 Å². The summed E-state index contributed by atoms with van der Waals surface area (Å²) in [5, 5.41) is 10.3. The highest BCUT2D eigenvalue weighted by Gasteiger charge is 2.52. The largest absolute Gasteiger partial charge is 0.494 e. The van der Waals surface area contributed by atoms with E-state index < -0.39 is 0 Å². The lowest BCUT2D eigenvalue weighted by Gasteiger charge is -2.56. The van der Waals surface area contributed by atoms with Crippen molar-refractivity contribution in [1.29, 1.82) is 0 Å². The third kappa shape index (κ3) is 4.95. The maximum atomic E-state index is 10.3. The highest BCUT2D eigenvalue weighted by molar-refractivity contribution is 5.18. The molecule has 0 saturated heterocycles. The van der Waals surface area contributed by atoms with Crippen LogP contribution in [0.25, 0.3) is 0 Å². The quantitative estimate of drug-likeness (QED) is 0.514. The van der Waals surface area contributed by atoms with Gasteiger partial charge < -0.3 is 14.7 Å². The normalized spacial score (nSPS) is 43.4. The van der Waals surface area contributed by atoms with Gasteiger partial charge in [0.05, 0.1) is 11.9 Å². The van der Waals surface area contributed by atoms with Gasteiger partial charge >= 0.3 is 0 Å². The first kappa shape index (κ1) is 24.6. The fourth-order valence-electron chi connectivity index (χ4n) is 8.55. The second-order valence-corrected chi connectivity index (χ2v) is 12.9. The van der Waals surface area contributed by atoms with E-state index in [1.54, 1.807) is 5.57 Å². The number of aliphatic hydroxyl groups excluding tert-OH is 1. The van der Waals surface area contributed by atoms with Crippen LogP contribution in [0.3, 0.4) is 0 Å². The summed E-state index contributed by atoms with van der Waals surface area (Å²) in [6, 6.07) is 0. The summed E-state index contributed by atoms with van der Waals surface area (Å²) in [5.41, 5.74) is 2.03. The van der Waals surface area contributed by atoms with Crippen molar-refractivity contribution in [3.63, 3.8) is 0 Å². The van der Waals surface area contributed by atoms with Crippen molar-refractivity contribution in [2.24, 2.45) is 40.9 Å². The molecule has 0 amide bonds. The number of fused-ring (bicyclic) bond motifs is 4. The van der Waals surface area contributed by atoms with Gasteiger partial charge in [-0.2, -0.15) is 0 Å². The third-order valence-corrected chi connectivity index (χ3v) is 10.4. The van der Waals surface area contributed by atoms with Crippen LogP contribution < -0.4 is 0 Å². The molecular weight excluding hydrogens is 394 g/mol. The predicted octanol–water partition coefficient (Wildman–Crippen LogP) is 6.66. The van der Waals surface area contributed by atoms with E-state index in [2.05, 4.69) is 46.7 Å². The Bertz CT molecular complexity index is 672. The zero-order chi connectivity index (χ0) is 23.0. The first-order chi connectivity index (χ1) is 15.2. The standard InChI is InChI=1S/C29H51NO2/c1-19(18-30(5)6)10-13-27-21(3)25-8-7-9-26-24(20(2)16-28(25)32-27)12-11-22-17-23(31)14-15-29(22,26)4/h19-20,22-26,28,31H,7-18H2,1-6H3/t19-,20-,22-,23-,24-,25?,26-,28-,29-/m0/s1. The Morgan fingerprint density at radius 3 is 2.66 bits per heavy atom. The van der Waals surface area contributed by atoms with Crippen LogP contribution >= 0.6 is 0 Å². The molecule has 4 aliphatic rings. The highest BCUT2D eigenvalue weighted by atomic mass is 16.5. The Balaban J connectivity index is 1.44. The Kier molecular flexibility index (Phi) is 7.67. The van der Waals surface area contributed by atoms with Gasteiger partial charge in [0, 0.05) is 18.9 Å². The Labute approximate surface area is 198 Å². The lowest BCUT2D eigenvalue weighted by Crippen LogP contribution is -2.49. The summed E-state index contributed by atoms with van der Waals surface area (Å²) in [7, 11) is 4.35. The number of nitrogens with zero attached hydrogens (tertiary/aromatic N) is 1. The van der Waals surface area contributed by atoms with Crippen molar-refractivity contribution in [1.82, 2.24) is 4.90 Å². The van der Waals surface area contributed by atoms with Crippen LogP contribution in [0.4, 0.5) is 0 Å². The average Bonchev–Trinajstić information content (AvgIpc) is 3.04. The van der Waals surface area contributed by atoms with Gasteiger partial charge in [-0.3, -0.25) is 0 Å². The van der Waals surface area contributed by atoms with E-state index in [1.807, 2.05) is 0 Å². The first-order valence-electron chi connectivity index (χ1n) is 13.9. The van der Waals surface area contributed by atoms with E-state index in [4.69, 9.17) is 4.74 Å². The predicted molar refractivity (Wildman–Crippen MR) is 133 cm³/mol. The zero-order valence-corrected chi connectivity index (χ0v) is 21.9. The van der Waals surface area contributed by atoms with Gasteiger partial charge in [-0.25, -0.2) is 0 Å². The van der Waals surface area contributed by atoms with E-state index >= 15 is 0 Å². The molecule has 1 unspecified atom stereocenters. The van der Waals surface area contributed by atoms with Crippen LogP contribution in [-0.4, -0.2) is 42.9 Å². The fraction of sp³-hybridized carbons (Fsp3) is 0.931. The summed E-state index contributed by atoms with van der Waals surface area (Å²) >= 11 is 0. The van der Waals surface area contributed by atoms with Crippen molar-refractivity contribution in [2.45, 2.75) is 111 Å². The molecule has 0 radical (unpaired) electrons. The minimum Gasteiger partial charge on any atom is -0.494 e. The molecule has 3 heteroatoms. The Morgan fingerprint density at radius 2 is 1.91 bits per heavy atom. The summed E-state index contributed by atoms with van der Waals surface area (Å²) < 4.78 is 6.75. The molecule has 3 fully saturated rings. The third-order valence-electron chi connectivity index (χ3n) is 10.4. The van der Waals surface area contributed by atoms with Crippen molar-refractivity contribution >= 4 is 0 Å². The Hall–Kier alpha value is -0.540. The molecule has 4 rings (SSSR count). The van der Waals surface area contributed by atoms with Crippen molar-refractivity contribution in [3.8, 4) is 0 Å². The highest BCUT2D eigenvalue weighted by Crippen LogP contribution is 2.59. The number of hydrogen-bond acceptors (Lipinski definition) is 3. The zero-order valence-electron chi connectivity index (χ0n) is 21.9. The van der Waals surface area contributed by atoms with Crippen LogP contribution in [0, 0.1) is 40.9 Å². The molecule has 32 heavy (non-hydrogen) atoms. The lowest BCUT2D eigenvalue weighted by molar-refractivity contribution is -0.0873. The van der Waals surface area contributed by atoms with Crippen LogP contribution in [-0.2, 0) is 4.74 Å². The molecule has 0 spiro atoms. The minimum absolute atomic E-state index is 0.0437. The van der Waals surface area contributed by atoms with Crippen LogP contribution in [0.5, 0.6) is 0 Å². The van der Waals surface area contributed by atoms with Crippen LogP contribution in [0.2, 0.25) is 0 Å². The molecule has 1 heterocycles. The summed E-state index contributed by atoms with van der Waals surface area (Å²) in [6.45, 7) is 11.1. The number of aliphatic hydroxyl groups is 1. The van der Waals surface area contributed by atoms with Gasteiger partial charge in [0.2, 0.25) is 0 Å². The van der Waals surface area contributed by atoms with Gasteiger partial charge in [-0.1, -0.05) is 27.2 Å². The molecule has 3 nitrogen and oxygen atoms in total. The Morgan fingerprint density at radius 1 is 1.12 bits per heavy atom. The molecule has 0 bridgehead atoms. The lowest BCUT2D eigenvalue weighted by atomic mass is 9.50. The summed E-state index contributed by atoms with van der Waals surface area (Å²) in [6.07, 6.45) is 14.1. The van der Waals surface area contributed by atoms with Crippen molar-refractivity contribution in [2.75, 3.05) is 20.6 Å². The topological polar surface area (TPSA) is 32.7 Å². The maximum absolute atomic E-state index is 10.3. The molecule has 1 aliphatic heterocycles. The smallest absolute Gasteiger partial charge is 0.105 e. The monoisotopic (exact) mass is 445 g/mol. The minimum atomic E-state index is -0.0437. The first-order valence-corrected chi connectivity index (χ1v) is 13.9. The van der Waals surface area contributed by atoms with Gasteiger partial charge in [0.1, 0.15) is 6.10 Å². The van der Waals surface area contributed by atoms with Crippen LogP contribution in [0.15, 0.2) is 11.3 Å². The summed E-state index contributed by atoms with van der Waals surface area (Å²) in [5.74, 6) is 5.88. The van der Waals surface area contributed by atoms with E-state index in [0.717, 1.165) is 55.4 Å². The second-order valence-electron chi connectivity index (χ2n) is 12.9. The van der Waals surface area contributed by atoms with Gasteiger partial charge in [0.25, 0.3) is 0 Å². The van der Waals surface area contributed by atoms with Crippen molar-refractivity contribution in [3.05, 3.63) is 11.3 Å². The molecule has 3 aliphatic carbocycles. The average molecular weight is 446 g/mol. The molecule has 1 N–H and O–H groups in total. The number of ether oxygens (including phenoxy) is 1. The molecule has 0 aromatic carbocycles. The molecule has 9 atom stereocenters. The van der Waals surface area contributed by atoms with E-state index in [-0.39, 0.29) is 6.10 Å². The van der Waals surface area contributed by atoms with Gasteiger partial charge in [0.15, 0.2) is 0 Å². The fourth-order valence-corrected chi connectivity index (χ4v) is 8.55. The SMILES string of the molecule is CC1=C(CC[C@H](C)CN(C)C)O[C@H]2C[C@H](C)[C@@H]3CC[C@H]4C[C@@H](O)CC[C@]4(C)[C@H]3CCCC12. The maximum Gasteiger partial charge on any atom is 0.105 e. The number of hydrogen-bond donors (Lipinski definition) is 1. The van der Waals surface area contributed by atoms with E-state index in [0.29, 0.717) is 17.4 Å². The molecule has 184 valence electrons. The molecular formula is C29H51NO2. The number of allylic oxidation sites excluding steroid dienone is 1. The van der Waals surface area contributed by atoms with Gasteiger partial charge in [-0.15, -0.1) is 0 Å². The molecule has 0 aromatic heterocycles. The molecule has 3 saturated carbocycles. The second kappa shape index (κ2) is 9.98.